The quantitative estimate of drug-likeness (QED) is 0.851. The first-order chi connectivity index (χ1) is 11.6. The molecule has 0 saturated carbocycles. The van der Waals surface area contributed by atoms with E-state index in [0.717, 1.165) is 18.1 Å². The van der Waals surface area contributed by atoms with E-state index in [-0.39, 0.29) is 5.91 Å². The van der Waals surface area contributed by atoms with Crippen molar-refractivity contribution in [3.63, 3.8) is 0 Å². The van der Waals surface area contributed by atoms with Gasteiger partial charge in [0.15, 0.2) is 11.9 Å². The minimum Gasteiger partial charge on any atom is -0.481 e. The molecule has 7 heteroatoms. The lowest BCUT2D eigenvalue weighted by Crippen LogP contribution is -2.44. The highest BCUT2D eigenvalue weighted by atomic mass is 16.5. The van der Waals surface area contributed by atoms with Crippen LogP contribution >= 0.6 is 0 Å². The van der Waals surface area contributed by atoms with E-state index >= 15 is 0 Å². The zero-order valence-electron chi connectivity index (χ0n) is 13.8. The molecule has 24 heavy (non-hydrogen) atoms. The molecule has 0 N–H and O–H groups in total. The molecule has 3 rings (SSSR count). The Labute approximate surface area is 140 Å². The van der Waals surface area contributed by atoms with Crippen LogP contribution < -0.4 is 4.74 Å². The van der Waals surface area contributed by atoms with Crippen LogP contribution in [0.2, 0.25) is 0 Å². The number of nitrogens with zero attached hydrogens (tertiary/aromatic N) is 5. The number of hydrogen-bond acceptors (Lipinski definition) is 5. The van der Waals surface area contributed by atoms with Gasteiger partial charge in [-0.05, 0) is 25.1 Å². The van der Waals surface area contributed by atoms with Gasteiger partial charge in [-0.25, -0.2) is 0 Å². The molecule has 0 bridgehead atoms. The Morgan fingerprint density at radius 3 is 3.00 bits per heavy atom. The minimum absolute atomic E-state index is 0.0929. The lowest BCUT2D eigenvalue weighted by molar-refractivity contribution is -0.139. The number of hydrogen-bond donors (Lipinski definition) is 0. The lowest BCUT2D eigenvalue weighted by Gasteiger charge is -2.30. The Balaban J connectivity index is 1.67. The highest BCUT2D eigenvalue weighted by Crippen LogP contribution is 2.18. The Morgan fingerprint density at radius 1 is 1.42 bits per heavy atom. The number of benzene rings is 1. The van der Waals surface area contributed by atoms with Crippen LogP contribution in [0, 0.1) is 11.3 Å². The van der Waals surface area contributed by atoms with Crippen molar-refractivity contribution in [3.8, 4) is 11.8 Å². The van der Waals surface area contributed by atoms with Gasteiger partial charge in [-0.2, -0.15) is 5.26 Å². The predicted octanol–water partition coefficient (Wildman–Crippen LogP) is 1.52. The van der Waals surface area contributed by atoms with E-state index in [1.54, 1.807) is 36.1 Å². The first kappa shape index (κ1) is 16.0. The lowest BCUT2D eigenvalue weighted by atomic mass is 10.2. The number of carbonyl (C=O) groups excluding carboxylic acids is 1. The standard InChI is InChI=1S/C17H19N5O2/c1-3-15-19-20-16-11-21(7-8-22(15)16)17(23)12(2)24-14-6-4-5-13(9-14)10-18/h4-6,9,12H,3,7-8,11H2,1-2H3/t12-/m0/s1. The van der Waals surface area contributed by atoms with Crippen LogP contribution in [0.15, 0.2) is 24.3 Å². The number of carbonyl (C=O) groups is 1. The zero-order valence-corrected chi connectivity index (χ0v) is 13.8. The smallest absolute Gasteiger partial charge is 0.263 e. The molecule has 1 atom stereocenters. The van der Waals surface area contributed by atoms with Crippen LogP contribution in [0.1, 0.15) is 31.1 Å². The monoisotopic (exact) mass is 325 g/mol. The van der Waals surface area contributed by atoms with Gasteiger partial charge in [-0.3, -0.25) is 4.79 Å². The SMILES string of the molecule is CCc1nnc2n1CCN(C(=O)[C@H](C)Oc1cccc(C#N)c1)C2. The average molecular weight is 325 g/mol. The van der Waals surface area contributed by atoms with Crippen molar-refractivity contribution in [2.45, 2.75) is 39.5 Å². The fourth-order valence-corrected chi connectivity index (χ4v) is 2.82. The summed E-state index contributed by atoms with van der Waals surface area (Å²) in [5.41, 5.74) is 0.505. The van der Waals surface area contributed by atoms with E-state index in [1.807, 2.05) is 6.92 Å². The highest BCUT2D eigenvalue weighted by Gasteiger charge is 2.28. The van der Waals surface area contributed by atoms with Crippen LogP contribution in [-0.2, 0) is 24.3 Å². The van der Waals surface area contributed by atoms with E-state index in [0.29, 0.717) is 30.9 Å². The summed E-state index contributed by atoms with van der Waals surface area (Å²) in [6.07, 6.45) is 0.203. The van der Waals surface area contributed by atoms with Crippen molar-refractivity contribution < 1.29 is 9.53 Å². The van der Waals surface area contributed by atoms with Crippen molar-refractivity contribution in [1.82, 2.24) is 19.7 Å². The van der Waals surface area contributed by atoms with Gasteiger partial charge in [0.2, 0.25) is 0 Å². The van der Waals surface area contributed by atoms with Crippen molar-refractivity contribution in [3.05, 3.63) is 41.5 Å². The third-order valence-electron chi connectivity index (χ3n) is 4.08. The maximum absolute atomic E-state index is 12.6. The van der Waals surface area contributed by atoms with Crippen LogP contribution in [0.5, 0.6) is 5.75 Å². The Bertz CT molecular complexity index is 793. The van der Waals surface area contributed by atoms with Crippen LogP contribution in [0.25, 0.3) is 0 Å². The summed E-state index contributed by atoms with van der Waals surface area (Å²) in [7, 11) is 0. The molecule has 1 aromatic heterocycles. The van der Waals surface area contributed by atoms with Gasteiger partial charge < -0.3 is 14.2 Å². The third-order valence-corrected chi connectivity index (χ3v) is 4.08. The summed E-state index contributed by atoms with van der Waals surface area (Å²) in [5, 5.41) is 17.3. The molecular formula is C17H19N5O2. The molecule has 1 amide bonds. The number of ether oxygens (including phenoxy) is 1. The fourth-order valence-electron chi connectivity index (χ4n) is 2.82. The van der Waals surface area contributed by atoms with Crippen LogP contribution in [0.4, 0.5) is 0 Å². The molecule has 2 heterocycles. The number of aromatic nitrogens is 3. The predicted molar refractivity (Wildman–Crippen MR) is 86.1 cm³/mol. The maximum atomic E-state index is 12.6. The molecular weight excluding hydrogens is 306 g/mol. The highest BCUT2D eigenvalue weighted by molar-refractivity contribution is 5.81. The summed E-state index contributed by atoms with van der Waals surface area (Å²) in [5.74, 6) is 2.19. The maximum Gasteiger partial charge on any atom is 0.263 e. The molecule has 0 radical (unpaired) electrons. The second kappa shape index (κ2) is 6.71. The molecule has 124 valence electrons. The molecule has 7 nitrogen and oxygen atoms in total. The van der Waals surface area contributed by atoms with Gasteiger partial charge in [0.1, 0.15) is 11.6 Å². The summed E-state index contributed by atoms with van der Waals surface area (Å²) in [4.78, 5) is 14.4. The fraction of sp³-hybridized carbons (Fsp3) is 0.412. The molecule has 1 aromatic carbocycles. The van der Waals surface area contributed by atoms with Gasteiger partial charge in [0.05, 0.1) is 18.2 Å². The number of rotatable bonds is 4. The van der Waals surface area contributed by atoms with Crippen LogP contribution in [0.3, 0.4) is 0 Å². The Morgan fingerprint density at radius 2 is 2.25 bits per heavy atom. The van der Waals surface area contributed by atoms with Gasteiger partial charge in [0.25, 0.3) is 5.91 Å². The summed E-state index contributed by atoms with van der Waals surface area (Å²) >= 11 is 0. The van der Waals surface area contributed by atoms with E-state index in [2.05, 4.69) is 20.8 Å². The first-order valence-corrected chi connectivity index (χ1v) is 7.99. The molecule has 0 aliphatic carbocycles. The Kier molecular flexibility index (Phi) is 4.47. The van der Waals surface area contributed by atoms with Crippen LogP contribution in [-0.4, -0.2) is 38.2 Å². The van der Waals surface area contributed by atoms with Crippen molar-refractivity contribution in [2.24, 2.45) is 0 Å². The molecule has 2 aromatic rings. The van der Waals surface area contributed by atoms with Gasteiger partial charge in [-0.1, -0.05) is 13.0 Å². The summed E-state index contributed by atoms with van der Waals surface area (Å²) < 4.78 is 7.78. The first-order valence-electron chi connectivity index (χ1n) is 7.99. The molecule has 0 fully saturated rings. The number of aryl methyl sites for hydroxylation is 1. The van der Waals surface area contributed by atoms with Crippen molar-refractivity contribution in [2.75, 3.05) is 6.54 Å². The topological polar surface area (TPSA) is 84.0 Å². The number of fused-ring (bicyclic) bond motifs is 1. The third kappa shape index (κ3) is 3.08. The van der Waals surface area contributed by atoms with E-state index < -0.39 is 6.10 Å². The van der Waals surface area contributed by atoms with Crippen molar-refractivity contribution in [1.29, 1.82) is 5.26 Å². The number of nitriles is 1. The molecule has 0 unspecified atom stereocenters. The van der Waals surface area contributed by atoms with E-state index in [4.69, 9.17) is 10.00 Å². The molecule has 1 aliphatic heterocycles. The van der Waals surface area contributed by atoms with Gasteiger partial charge in [-0.15, -0.1) is 10.2 Å². The second-order valence-electron chi connectivity index (χ2n) is 5.70. The Hall–Kier alpha value is -2.88. The largest absolute Gasteiger partial charge is 0.481 e. The van der Waals surface area contributed by atoms with Gasteiger partial charge in [0, 0.05) is 19.5 Å². The normalized spacial score (nSPS) is 14.6. The molecule has 1 aliphatic rings. The summed E-state index contributed by atoms with van der Waals surface area (Å²) in [6.45, 7) is 5.52. The van der Waals surface area contributed by atoms with Gasteiger partial charge >= 0.3 is 0 Å². The molecule has 0 spiro atoms. The van der Waals surface area contributed by atoms with E-state index in [9.17, 15) is 4.79 Å². The summed E-state index contributed by atoms with van der Waals surface area (Å²) in [6, 6.07) is 8.86. The zero-order chi connectivity index (χ0) is 17.1. The van der Waals surface area contributed by atoms with Crippen molar-refractivity contribution >= 4 is 5.91 Å². The second-order valence-corrected chi connectivity index (χ2v) is 5.70. The average Bonchev–Trinajstić information content (AvgIpc) is 3.03. The van der Waals surface area contributed by atoms with E-state index in [1.165, 1.54) is 0 Å². The molecule has 0 saturated heterocycles. The minimum atomic E-state index is -0.626. The number of amides is 1.